The molecule has 0 unspecified atom stereocenters. The van der Waals surface area contributed by atoms with Gasteiger partial charge in [0.05, 0.1) is 12.5 Å². The Morgan fingerprint density at radius 3 is 2.06 bits per heavy atom. The monoisotopic (exact) mass is 490 g/mol. The molecule has 8 heteroatoms. The summed E-state index contributed by atoms with van der Waals surface area (Å²) in [4.78, 5) is 35.3. The number of carbonyl (C=O) groups is 2. The fourth-order valence-corrected chi connectivity index (χ4v) is 6.27. The lowest BCUT2D eigenvalue weighted by atomic mass is 9.67. The van der Waals surface area contributed by atoms with Crippen molar-refractivity contribution in [2.75, 3.05) is 26.2 Å². The first-order valence-electron chi connectivity index (χ1n) is 12.4. The van der Waals surface area contributed by atoms with Crippen LogP contribution in [-0.2, 0) is 15.0 Å². The molecule has 2 aromatic heterocycles. The van der Waals surface area contributed by atoms with Gasteiger partial charge < -0.3 is 19.8 Å². The molecule has 0 bridgehead atoms. The van der Waals surface area contributed by atoms with E-state index in [1.54, 1.807) is 0 Å². The Morgan fingerprint density at radius 1 is 0.944 bits per heavy atom. The largest absolute Gasteiger partial charge is 0.361 e. The van der Waals surface area contributed by atoms with Crippen molar-refractivity contribution in [3.05, 3.63) is 72.1 Å². The smallest absolute Gasteiger partial charge is 0.255 e. The number of carbonyl (C=O) groups excluding carboxylic acids is 2. The summed E-state index contributed by atoms with van der Waals surface area (Å²) in [5.41, 5.74) is 4.29. The molecule has 4 heterocycles. The third kappa shape index (κ3) is 3.67. The number of alkyl halides is 2. The zero-order chi connectivity index (χ0) is 24.9. The van der Waals surface area contributed by atoms with Crippen molar-refractivity contribution in [3.8, 4) is 0 Å². The number of aromatic nitrogens is 2. The van der Waals surface area contributed by atoms with Gasteiger partial charge >= 0.3 is 0 Å². The number of likely N-dealkylation sites (tertiary alicyclic amines) is 2. The maximum absolute atomic E-state index is 13.3. The van der Waals surface area contributed by atoms with Crippen LogP contribution in [0.4, 0.5) is 8.78 Å². The molecule has 6 rings (SSSR count). The molecule has 0 spiro atoms. The van der Waals surface area contributed by atoms with Gasteiger partial charge in [-0.1, -0.05) is 36.4 Å². The molecular formula is C28H28F2N4O2. The van der Waals surface area contributed by atoms with Gasteiger partial charge in [0.15, 0.2) is 0 Å². The number of hydrogen-bond acceptors (Lipinski definition) is 2. The van der Waals surface area contributed by atoms with Crippen LogP contribution >= 0.6 is 0 Å². The van der Waals surface area contributed by atoms with Gasteiger partial charge in [-0.05, 0) is 36.1 Å². The van der Waals surface area contributed by atoms with Gasteiger partial charge in [-0.2, -0.15) is 0 Å². The molecule has 186 valence electrons. The van der Waals surface area contributed by atoms with Gasteiger partial charge in [-0.15, -0.1) is 0 Å². The highest BCUT2D eigenvalue weighted by molar-refractivity contribution is 5.91. The van der Waals surface area contributed by atoms with E-state index in [-0.39, 0.29) is 30.2 Å². The third-order valence-electron chi connectivity index (χ3n) is 8.06. The van der Waals surface area contributed by atoms with E-state index in [1.807, 2.05) is 29.2 Å². The van der Waals surface area contributed by atoms with Crippen LogP contribution in [-0.4, -0.2) is 64.2 Å². The molecule has 2 amide bonds. The minimum absolute atomic E-state index is 0.0120. The highest BCUT2D eigenvalue weighted by Gasteiger charge is 2.44. The van der Waals surface area contributed by atoms with Crippen molar-refractivity contribution in [3.63, 3.8) is 0 Å². The van der Waals surface area contributed by atoms with Gasteiger partial charge in [-0.3, -0.25) is 9.59 Å². The first-order chi connectivity index (χ1) is 17.5. The first kappa shape index (κ1) is 22.8. The van der Waals surface area contributed by atoms with E-state index in [0.29, 0.717) is 13.1 Å². The van der Waals surface area contributed by atoms with E-state index in [9.17, 15) is 18.4 Å². The molecule has 1 atom stereocenters. The fraction of sp³-hybridized carbons (Fsp3) is 0.357. The molecule has 36 heavy (non-hydrogen) atoms. The normalized spacial score (nSPS) is 20.2. The average Bonchev–Trinajstić information content (AvgIpc) is 3.61. The second-order valence-corrected chi connectivity index (χ2v) is 9.99. The van der Waals surface area contributed by atoms with Crippen LogP contribution < -0.4 is 0 Å². The van der Waals surface area contributed by atoms with Crippen molar-refractivity contribution in [1.29, 1.82) is 0 Å². The number of para-hydroxylation sites is 2. The second kappa shape index (κ2) is 8.76. The van der Waals surface area contributed by atoms with Gasteiger partial charge in [0, 0.05) is 65.7 Å². The molecule has 0 saturated carbocycles. The van der Waals surface area contributed by atoms with Crippen LogP contribution in [0.1, 0.15) is 30.4 Å². The highest BCUT2D eigenvalue weighted by atomic mass is 19.3. The third-order valence-corrected chi connectivity index (χ3v) is 8.06. The van der Waals surface area contributed by atoms with E-state index in [2.05, 4.69) is 46.6 Å². The number of piperidine rings is 1. The van der Waals surface area contributed by atoms with E-state index >= 15 is 0 Å². The lowest BCUT2D eigenvalue weighted by molar-refractivity contribution is -0.137. The number of nitrogens with one attached hydrogen (secondary N) is 2. The summed E-state index contributed by atoms with van der Waals surface area (Å²) in [5, 5.41) is 2.35. The Balaban J connectivity index is 1.31. The molecule has 4 aromatic rings. The Bertz CT molecular complexity index is 1360. The van der Waals surface area contributed by atoms with Crippen LogP contribution in [0.3, 0.4) is 0 Å². The van der Waals surface area contributed by atoms with Crippen LogP contribution in [0.25, 0.3) is 21.8 Å². The van der Waals surface area contributed by atoms with Crippen LogP contribution in [0, 0.1) is 5.92 Å². The van der Waals surface area contributed by atoms with Gasteiger partial charge in [0.1, 0.15) is 0 Å². The average molecular weight is 491 g/mol. The Hall–Kier alpha value is -3.68. The summed E-state index contributed by atoms with van der Waals surface area (Å²) in [6.07, 6.45) is 3.07. The van der Waals surface area contributed by atoms with Gasteiger partial charge in [0.25, 0.3) is 6.43 Å². The lowest BCUT2D eigenvalue weighted by Gasteiger charge is -2.43. The Labute approximate surface area is 207 Å². The summed E-state index contributed by atoms with van der Waals surface area (Å²) in [7, 11) is 0. The molecule has 2 aromatic carbocycles. The number of nitrogens with zero attached hydrogens (tertiary/aromatic N) is 2. The second-order valence-electron chi connectivity index (χ2n) is 9.99. The fourth-order valence-electron chi connectivity index (χ4n) is 6.27. The minimum Gasteiger partial charge on any atom is -0.361 e. The maximum Gasteiger partial charge on any atom is 0.255 e. The standard InChI is InChI=1S/C28H28F2N4O2/c29-25(30)17-34-16-18(13-26(34)35)27(36)33-11-9-28(10-12-33,21-14-31-23-7-3-1-5-19(21)23)22-15-32-24-8-4-2-6-20(22)24/h1-8,14-15,18,25,31-32H,9-13,16-17H2/t18-/m1/s1. The van der Waals surface area contributed by atoms with Crippen LogP contribution in [0.2, 0.25) is 0 Å². The van der Waals surface area contributed by atoms with E-state index in [4.69, 9.17) is 0 Å². The molecule has 2 aliphatic heterocycles. The quantitative estimate of drug-likeness (QED) is 0.427. The van der Waals surface area contributed by atoms with E-state index in [0.717, 1.165) is 28.8 Å². The Kier molecular flexibility index (Phi) is 5.54. The van der Waals surface area contributed by atoms with E-state index in [1.165, 1.54) is 21.9 Å². The topological polar surface area (TPSA) is 72.2 Å². The minimum atomic E-state index is -2.59. The summed E-state index contributed by atoms with van der Waals surface area (Å²) >= 11 is 0. The molecule has 2 saturated heterocycles. The number of hydrogen-bond donors (Lipinski definition) is 2. The number of benzene rings is 2. The number of H-pyrrole nitrogens is 2. The summed E-state index contributed by atoms with van der Waals surface area (Å²) < 4.78 is 25.7. The van der Waals surface area contributed by atoms with Crippen molar-refractivity contribution in [1.82, 2.24) is 19.8 Å². The maximum atomic E-state index is 13.3. The molecular weight excluding hydrogens is 462 g/mol. The molecule has 0 radical (unpaired) electrons. The number of aromatic amines is 2. The first-order valence-corrected chi connectivity index (χ1v) is 12.4. The van der Waals surface area contributed by atoms with Gasteiger partial charge in [0.2, 0.25) is 11.8 Å². The summed E-state index contributed by atoms with van der Waals surface area (Å²) in [6, 6.07) is 16.5. The molecule has 2 N–H and O–H groups in total. The van der Waals surface area contributed by atoms with Crippen molar-refractivity contribution in [2.24, 2.45) is 5.92 Å². The van der Waals surface area contributed by atoms with Crippen LogP contribution in [0.5, 0.6) is 0 Å². The predicted octanol–water partition coefficient (Wildman–Crippen LogP) is 4.67. The number of fused-ring (bicyclic) bond motifs is 2. The SMILES string of the molecule is O=C1C[C@@H](C(=O)N2CCC(c3c[nH]c4ccccc34)(c3c[nH]c4ccccc34)CC2)CN1CC(F)F. The zero-order valence-corrected chi connectivity index (χ0v) is 19.8. The molecule has 6 nitrogen and oxygen atoms in total. The van der Waals surface area contributed by atoms with Crippen LogP contribution in [0.15, 0.2) is 60.9 Å². The van der Waals surface area contributed by atoms with Crippen molar-refractivity contribution >= 4 is 33.6 Å². The van der Waals surface area contributed by atoms with Crippen molar-refractivity contribution < 1.29 is 18.4 Å². The summed E-state index contributed by atoms with van der Waals surface area (Å²) in [6.45, 7) is 0.552. The molecule has 0 aliphatic carbocycles. The zero-order valence-electron chi connectivity index (χ0n) is 19.8. The van der Waals surface area contributed by atoms with Crippen molar-refractivity contribution in [2.45, 2.75) is 31.1 Å². The summed E-state index contributed by atoms with van der Waals surface area (Å²) in [5.74, 6) is -1.02. The van der Waals surface area contributed by atoms with E-state index < -0.39 is 18.9 Å². The molecule has 2 fully saturated rings. The Morgan fingerprint density at radius 2 is 1.50 bits per heavy atom. The number of amides is 2. The number of rotatable bonds is 5. The molecule has 2 aliphatic rings. The lowest BCUT2D eigenvalue weighted by Crippen LogP contribution is -2.48. The predicted molar refractivity (Wildman–Crippen MR) is 134 cm³/mol. The number of halogens is 2. The highest BCUT2D eigenvalue weighted by Crippen LogP contribution is 2.47. The van der Waals surface area contributed by atoms with Gasteiger partial charge in [-0.25, -0.2) is 8.78 Å².